The maximum atomic E-state index is 13.9. The van der Waals surface area contributed by atoms with E-state index < -0.39 is 11.6 Å². The molecule has 2 saturated heterocycles. The number of nitrogens with one attached hydrogen (secondary N) is 3. The van der Waals surface area contributed by atoms with Crippen molar-refractivity contribution in [1.29, 1.82) is 5.41 Å². The highest BCUT2D eigenvalue weighted by Crippen LogP contribution is 2.38. The minimum Gasteiger partial charge on any atom is -0.391 e. The van der Waals surface area contributed by atoms with Gasteiger partial charge in [-0.2, -0.15) is 0 Å². The first-order chi connectivity index (χ1) is 26.5. The number of anilines is 3. The predicted molar refractivity (Wildman–Crippen MR) is 223 cm³/mol. The number of hydrogen-bond acceptors (Lipinski definition) is 9. The number of guanidine groups is 1. The number of nitrogens with zero attached hydrogens (tertiary/aromatic N) is 6. The van der Waals surface area contributed by atoms with Gasteiger partial charge in [-0.15, -0.1) is 0 Å². The van der Waals surface area contributed by atoms with Gasteiger partial charge in [0.15, 0.2) is 0 Å². The summed E-state index contributed by atoms with van der Waals surface area (Å²) in [6.07, 6.45) is 6.30. The summed E-state index contributed by atoms with van der Waals surface area (Å²) in [6, 6.07) is 14.2. The Kier molecular flexibility index (Phi) is 11.1. The van der Waals surface area contributed by atoms with Crippen LogP contribution in [-0.4, -0.2) is 79.8 Å². The molecule has 2 aromatic carbocycles. The molecule has 1 aromatic heterocycles. The van der Waals surface area contributed by atoms with Crippen LogP contribution in [0.15, 0.2) is 84.7 Å². The lowest BCUT2D eigenvalue weighted by atomic mass is 9.99. The van der Waals surface area contributed by atoms with E-state index in [0.29, 0.717) is 23.8 Å². The summed E-state index contributed by atoms with van der Waals surface area (Å²) in [5.41, 5.74) is 10.7. The van der Waals surface area contributed by atoms with Crippen LogP contribution in [0, 0.1) is 35.8 Å². The van der Waals surface area contributed by atoms with Gasteiger partial charge in [0, 0.05) is 111 Å². The highest BCUT2D eigenvalue weighted by Gasteiger charge is 2.31. The first kappa shape index (κ1) is 37.8. The Morgan fingerprint density at radius 1 is 0.945 bits per heavy atom. The number of fused-ring (bicyclic) bond motifs is 5. The third-order valence-electron chi connectivity index (χ3n) is 11.5. The average Bonchev–Trinajstić information content (AvgIpc) is 3.80. The molecule has 11 heteroatoms. The molecular formula is C44H53F2N9. The molecule has 288 valence electrons. The van der Waals surface area contributed by atoms with E-state index in [9.17, 15) is 8.78 Å². The van der Waals surface area contributed by atoms with Crippen molar-refractivity contribution < 1.29 is 8.78 Å². The van der Waals surface area contributed by atoms with E-state index in [4.69, 9.17) is 15.4 Å². The maximum Gasteiger partial charge on any atom is 0.208 e. The Morgan fingerprint density at radius 2 is 1.69 bits per heavy atom. The number of allylic oxidation sites excluding steroid dienone is 2. The highest BCUT2D eigenvalue weighted by molar-refractivity contribution is 6.16. The summed E-state index contributed by atoms with van der Waals surface area (Å²) in [5, 5.41) is 15.2. The number of benzene rings is 2. The van der Waals surface area contributed by atoms with E-state index in [2.05, 4.69) is 75.1 Å². The van der Waals surface area contributed by atoms with Crippen LogP contribution in [0.2, 0.25) is 0 Å². The summed E-state index contributed by atoms with van der Waals surface area (Å²) < 4.78 is 27.8. The summed E-state index contributed by atoms with van der Waals surface area (Å²) in [4.78, 5) is 19.0. The molecule has 9 nitrogen and oxygen atoms in total. The van der Waals surface area contributed by atoms with Gasteiger partial charge < -0.3 is 35.6 Å². The number of piperazine rings is 1. The van der Waals surface area contributed by atoms with Crippen LogP contribution in [0.1, 0.15) is 61.5 Å². The van der Waals surface area contributed by atoms with E-state index >= 15 is 0 Å². The molecule has 3 N–H and O–H groups in total. The van der Waals surface area contributed by atoms with Crippen LogP contribution in [0.3, 0.4) is 0 Å². The normalized spacial score (nSPS) is 22.9. The van der Waals surface area contributed by atoms with E-state index in [1.54, 1.807) is 0 Å². The molecule has 4 aliphatic heterocycles. The number of hydrogen-bond donors (Lipinski definition) is 3. The summed E-state index contributed by atoms with van der Waals surface area (Å²) in [6.45, 7) is 23.3. The average molecular weight is 746 g/mol. The van der Waals surface area contributed by atoms with Gasteiger partial charge in [0.05, 0.1) is 22.8 Å². The monoisotopic (exact) mass is 745 g/mol. The molecule has 0 radical (unpaired) electrons. The number of aromatic nitrogens is 1. The number of pyridine rings is 1. The van der Waals surface area contributed by atoms with Crippen LogP contribution < -0.4 is 20.4 Å². The van der Waals surface area contributed by atoms with Gasteiger partial charge in [-0.1, -0.05) is 39.1 Å². The topological polar surface area (TPSA) is 86.1 Å². The Bertz CT molecular complexity index is 2040. The molecule has 0 amide bonds. The molecule has 1 unspecified atom stereocenters. The zero-order valence-corrected chi connectivity index (χ0v) is 32.4. The first-order valence-electron chi connectivity index (χ1n) is 19.5. The van der Waals surface area contributed by atoms with E-state index in [-0.39, 0.29) is 5.92 Å². The van der Waals surface area contributed by atoms with Gasteiger partial charge in [0.25, 0.3) is 0 Å². The molecule has 2 fully saturated rings. The zero-order valence-electron chi connectivity index (χ0n) is 32.4. The first-order valence-corrected chi connectivity index (χ1v) is 19.5. The Labute approximate surface area is 324 Å². The molecule has 0 spiro atoms. The number of halogens is 2. The Balaban J connectivity index is 1.06. The third kappa shape index (κ3) is 8.16. The summed E-state index contributed by atoms with van der Waals surface area (Å²) >= 11 is 0. The standard InChI is InChI=1S/C44H53F2N9/c1-28-9-7-8-10-40(48-6)39(25-47)42-20-35(19-29(2)49-42)30(3)50-44-51-41-12-11-33(21-43(41)55(44)26-28)31(4)52-15-17-53(18-16-52)32(5)34-13-14-54(27-34)38-23-36(45)22-37(46)24-38/h11-12,19-25,28,34,47-48H,3-5,7-10,13-18,26-27H2,1-2,6H3,(H,50,51)/b40-39+,47-25?/t28-,34?/m1/s1. The quantitative estimate of drug-likeness (QED) is 0.210. The second-order valence-corrected chi connectivity index (χ2v) is 15.3. The fourth-order valence-electron chi connectivity index (χ4n) is 8.38. The molecule has 3 aromatic rings. The molecule has 55 heavy (non-hydrogen) atoms. The highest BCUT2D eigenvalue weighted by atomic mass is 19.1. The van der Waals surface area contributed by atoms with E-state index in [0.717, 1.165) is 140 Å². The molecule has 0 aliphatic carbocycles. The van der Waals surface area contributed by atoms with Gasteiger partial charge in [-0.25, -0.2) is 13.8 Å². The van der Waals surface area contributed by atoms with Crippen LogP contribution in [0.25, 0.3) is 17.0 Å². The fraction of sp³-hybridized carbons (Fsp3) is 0.386. The van der Waals surface area contributed by atoms with Crippen LogP contribution >= 0.6 is 0 Å². The zero-order chi connectivity index (χ0) is 38.8. The van der Waals surface area contributed by atoms with Gasteiger partial charge in [0.2, 0.25) is 5.96 Å². The van der Waals surface area contributed by atoms with Crippen molar-refractivity contribution in [3.8, 4) is 0 Å². The molecule has 4 aliphatic rings. The van der Waals surface area contributed by atoms with Gasteiger partial charge in [-0.3, -0.25) is 4.98 Å². The SMILES string of the molecule is C=C1/N=C2\Nc3ccc(C(=C)N4CCN(C(=C)C5CCN(c6cc(F)cc(F)c6)C5)CC4)cc3N2C[C@H](C)CCCC/C(NC)=C(/C=N)c2cc1cc(C)n2. The molecule has 2 atom stereocenters. The minimum absolute atomic E-state index is 0.240. The maximum absolute atomic E-state index is 13.9. The lowest BCUT2D eigenvalue weighted by Gasteiger charge is -2.40. The van der Waals surface area contributed by atoms with Crippen LogP contribution in [0.4, 0.5) is 25.8 Å². The van der Waals surface area contributed by atoms with Crippen LogP contribution in [0.5, 0.6) is 0 Å². The van der Waals surface area contributed by atoms with Crippen molar-refractivity contribution in [2.45, 2.75) is 46.0 Å². The molecular weight excluding hydrogens is 693 g/mol. The molecule has 2 bridgehead atoms. The van der Waals surface area contributed by atoms with Crippen LogP contribution in [-0.2, 0) is 0 Å². The molecule has 7 rings (SSSR count). The Hall–Kier alpha value is -5.45. The number of aryl methyl sites for hydroxylation is 1. The van der Waals surface area contributed by atoms with Crippen molar-refractivity contribution in [1.82, 2.24) is 20.1 Å². The lowest BCUT2D eigenvalue weighted by molar-refractivity contribution is 0.199. The second kappa shape index (κ2) is 16.1. The molecule has 5 heterocycles. The number of aliphatic imine (C=N–C) groups is 1. The van der Waals surface area contributed by atoms with Crippen molar-refractivity contribution in [3.05, 3.63) is 114 Å². The van der Waals surface area contributed by atoms with Crippen molar-refractivity contribution in [2.75, 3.05) is 68.0 Å². The lowest BCUT2D eigenvalue weighted by Crippen LogP contribution is -2.45. The molecule has 0 saturated carbocycles. The van der Waals surface area contributed by atoms with Crippen molar-refractivity contribution >= 4 is 46.2 Å². The summed E-state index contributed by atoms with van der Waals surface area (Å²) in [5.74, 6) is 0.293. The second-order valence-electron chi connectivity index (χ2n) is 15.3. The van der Waals surface area contributed by atoms with E-state index in [1.165, 1.54) is 18.3 Å². The minimum atomic E-state index is -0.550. The largest absolute Gasteiger partial charge is 0.391 e. The smallest absolute Gasteiger partial charge is 0.208 e. The van der Waals surface area contributed by atoms with Gasteiger partial charge in [0.1, 0.15) is 11.6 Å². The van der Waals surface area contributed by atoms with Crippen molar-refractivity contribution in [3.63, 3.8) is 0 Å². The fourth-order valence-corrected chi connectivity index (χ4v) is 8.38. The summed E-state index contributed by atoms with van der Waals surface area (Å²) in [7, 11) is 1.92. The third-order valence-corrected chi connectivity index (χ3v) is 11.5. The predicted octanol–water partition coefficient (Wildman–Crippen LogP) is 8.35. The number of rotatable bonds is 7. The van der Waals surface area contributed by atoms with Gasteiger partial charge in [-0.05, 0) is 80.5 Å². The van der Waals surface area contributed by atoms with E-state index in [1.807, 2.05) is 26.1 Å². The Morgan fingerprint density at radius 3 is 2.42 bits per heavy atom. The van der Waals surface area contributed by atoms with Gasteiger partial charge >= 0.3 is 0 Å². The van der Waals surface area contributed by atoms with Crippen molar-refractivity contribution in [2.24, 2.45) is 16.8 Å².